The Bertz CT molecular complexity index is 236. The highest BCUT2D eigenvalue weighted by atomic mass is 16.5. The van der Waals surface area contributed by atoms with E-state index in [-0.39, 0.29) is 5.54 Å². The number of likely N-dealkylation sites (tertiary alicyclic amines) is 1. The molecule has 2 fully saturated rings. The largest absolute Gasteiger partial charge is 0.381 e. The van der Waals surface area contributed by atoms with E-state index in [1.165, 1.54) is 19.4 Å². The molecule has 1 unspecified atom stereocenters. The van der Waals surface area contributed by atoms with Gasteiger partial charge in [-0.3, -0.25) is 4.90 Å². The molecule has 1 saturated heterocycles. The molecule has 0 radical (unpaired) electrons. The first-order chi connectivity index (χ1) is 7.63. The first-order valence-electron chi connectivity index (χ1n) is 6.62. The zero-order valence-corrected chi connectivity index (χ0v) is 10.9. The van der Waals surface area contributed by atoms with Gasteiger partial charge in [-0.25, -0.2) is 0 Å². The lowest BCUT2D eigenvalue weighted by molar-refractivity contribution is -0.0967. The van der Waals surface area contributed by atoms with E-state index in [0.29, 0.717) is 6.10 Å². The van der Waals surface area contributed by atoms with Gasteiger partial charge in [0.1, 0.15) is 0 Å². The summed E-state index contributed by atoms with van der Waals surface area (Å²) in [6.07, 6.45) is 5.38. The Morgan fingerprint density at radius 3 is 2.62 bits per heavy atom. The van der Waals surface area contributed by atoms with Gasteiger partial charge in [0.2, 0.25) is 0 Å². The van der Waals surface area contributed by atoms with Gasteiger partial charge in [0, 0.05) is 25.2 Å². The van der Waals surface area contributed by atoms with Crippen molar-refractivity contribution in [1.29, 1.82) is 0 Å². The van der Waals surface area contributed by atoms with Crippen molar-refractivity contribution >= 4 is 0 Å². The molecule has 1 aliphatic heterocycles. The van der Waals surface area contributed by atoms with Crippen LogP contribution >= 0.6 is 0 Å². The van der Waals surface area contributed by atoms with Gasteiger partial charge in [-0.2, -0.15) is 0 Å². The topological polar surface area (TPSA) is 38.5 Å². The van der Waals surface area contributed by atoms with E-state index >= 15 is 0 Å². The molecule has 0 aromatic carbocycles. The van der Waals surface area contributed by atoms with E-state index in [9.17, 15) is 0 Å². The Morgan fingerprint density at radius 1 is 1.44 bits per heavy atom. The molecule has 16 heavy (non-hydrogen) atoms. The summed E-state index contributed by atoms with van der Waals surface area (Å²) in [7, 11) is 1.81. The maximum Gasteiger partial charge on any atom is 0.0607 e. The summed E-state index contributed by atoms with van der Waals surface area (Å²) in [6, 6.07) is 0.737. The molecule has 1 saturated carbocycles. The van der Waals surface area contributed by atoms with E-state index in [2.05, 4.69) is 18.7 Å². The number of hydrogen-bond donors (Lipinski definition) is 1. The van der Waals surface area contributed by atoms with Gasteiger partial charge in [0.25, 0.3) is 0 Å². The Kier molecular flexibility index (Phi) is 3.57. The van der Waals surface area contributed by atoms with E-state index < -0.39 is 0 Å². The van der Waals surface area contributed by atoms with Crippen LogP contribution in [-0.2, 0) is 4.74 Å². The van der Waals surface area contributed by atoms with Gasteiger partial charge < -0.3 is 10.5 Å². The number of nitrogens with zero attached hydrogens (tertiary/aromatic N) is 1. The normalized spacial score (nSPS) is 40.3. The van der Waals surface area contributed by atoms with Crippen LogP contribution in [0.4, 0.5) is 0 Å². The Hall–Kier alpha value is -0.120. The summed E-state index contributed by atoms with van der Waals surface area (Å²) >= 11 is 0. The molecule has 1 heterocycles. The molecule has 1 atom stereocenters. The fraction of sp³-hybridized carbons (Fsp3) is 1.00. The van der Waals surface area contributed by atoms with E-state index in [1.54, 1.807) is 0 Å². The van der Waals surface area contributed by atoms with Crippen LogP contribution in [0.25, 0.3) is 0 Å². The average Bonchev–Trinajstić information content (AvgIpc) is 2.67. The molecule has 2 aliphatic rings. The first kappa shape index (κ1) is 12.3. The van der Waals surface area contributed by atoms with Gasteiger partial charge in [-0.1, -0.05) is 13.8 Å². The second kappa shape index (κ2) is 4.63. The van der Waals surface area contributed by atoms with Crippen LogP contribution < -0.4 is 5.73 Å². The zero-order chi connectivity index (χ0) is 11.8. The Morgan fingerprint density at radius 2 is 2.12 bits per heavy atom. The highest BCUT2D eigenvalue weighted by Crippen LogP contribution is 2.43. The number of hydrogen-bond acceptors (Lipinski definition) is 3. The predicted octanol–water partition coefficient (Wildman–Crippen LogP) is 1.61. The van der Waals surface area contributed by atoms with Crippen LogP contribution in [0.1, 0.15) is 39.5 Å². The lowest BCUT2D eigenvalue weighted by atomic mass is 9.72. The lowest BCUT2D eigenvalue weighted by Gasteiger charge is -2.54. The quantitative estimate of drug-likeness (QED) is 0.791. The summed E-state index contributed by atoms with van der Waals surface area (Å²) in [5, 5.41) is 0. The van der Waals surface area contributed by atoms with Gasteiger partial charge >= 0.3 is 0 Å². The minimum atomic E-state index is 0.256. The number of methoxy groups -OCH3 is 1. The molecule has 0 aromatic rings. The smallest absolute Gasteiger partial charge is 0.0607 e. The third kappa shape index (κ3) is 1.89. The third-order valence-corrected chi connectivity index (χ3v) is 4.61. The van der Waals surface area contributed by atoms with Gasteiger partial charge in [0.15, 0.2) is 0 Å². The molecule has 2 N–H and O–H groups in total. The molecule has 2 rings (SSSR count). The molecule has 0 aromatic heterocycles. The molecule has 3 heteroatoms. The van der Waals surface area contributed by atoms with Crippen molar-refractivity contribution < 1.29 is 4.74 Å². The summed E-state index contributed by atoms with van der Waals surface area (Å²) in [6.45, 7) is 6.69. The maximum absolute atomic E-state index is 6.03. The molecular formula is C13H26N2O. The molecule has 3 nitrogen and oxygen atoms in total. The van der Waals surface area contributed by atoms with Crippen molar-refractivity contribution in [2.24, 2.45) is 11.7 Å². The fourth-order valence-corrected chi connectivity index (χ4v) is 3.55. The SMILES string of the molecule is COC1CC(CN)(N2CCCC2C(C)C)C1. The Labute approximate surface area is 99.3 Å². The van der Waals surface area contributed by atoms with Gasteiger partial charge in [0.05, 0.1) is 6.10 Å². The van der Waals surface area contributed by atoms with Crippen LogP contribution in [0.2, 0.25) is 0 Å². The molecule has 0 amide bonds. The van der Waals surface area contributed by atoms with Crippen LogP contribution in [0.5, 0.6) is 0 Å². The van der Waals surface area contributed by atoms with Crippen molar-refractivity contribution in [3.8, 4) is 0 Å². The minimum Gasteiger partial charge on any atom is -0.381 e. The second-order valence-electron chi connectivity index (χ2n) is 5.84. The molecule has 0 spiro atoms. The van der Waals surface area contributed by atoms with Gasteiger partial charge in [-0.15, -0.1) is 0 Å². The molecule has 0 bridgehead atoms. The van der Waals surface area contributed by atoms with Crippen molar-refractivity contribution in [2.45, 2.75) is 57.2 Å². The average molecular weight is 226 g/mol. The summed E-state index contributed by atoms with van der Waals surface area (Å²) in [5.41, 5.74) is 6.29. The van der Waals surface area contributed by atoms with Crippen molar-refractivity contribution in [3.05, 3.63) is 0 Å². The number of nitrogens with two attached hydrogens (primary N) is 1. The minimum absolute atomic E-state index is 0.256. The lowest BCUT2D eigenvalue weighted by Crippen LogP contribution is -2.65. The fourth-order valence-electron chi connectivity index (χ4n) is 3.55. The monoisotopic (exact) mass is 226 g/mol. The third-order valence-electron chi connectivity index (χ3n) is 4.61. The highest BCUT2D eigenvalue weighted by Gasteiger charge is 2.51. The van der Waals surface area contributed by atoms with Crippen LogP contribution in [-0.4, -0.2) is 42.8 Å². The second-order valence-corrected chi connectivity index (χ2v) is 5.84. The van der Waals surface area contributed by atoms with Gasteiger partial charge in [-0.05, 0) is 38.1 Å². The maximum atomic E-state index is 6.03. The zero-order valence-electron chi connectivity index (χ0n) is 10.9. The summed E-state index contributed by atoms with van der Waals surface area (Å²) < 4.78 is 5.42. The molecule has 94 valence electrons. The standard InChI is InChI=1S/C13H26N2O/c1-10(2)12-5-4-6-15(12)13(9-14)7-11(8-13)16-3/h10-12H,4-9,14H2,1-3H3. The van der Waals surface area contributed by atoms with Crippen LogP contribution in [0, 0.1) is 5.92 Å². The van der Waals surface area contributed by atoms with Crippen LogP contribution in [0.15, 0.2) is 0 Å². The summed E-state index contributed by atoms with van der Waals surface area (Å²) in [5.74, 6) is 0.743. The first-order valence-corrected chi connectivity index (χ1v) is 6.62. The van der Waals surface area contributed by atoms with Crippen LogP contribution in [0.3, 0.4) is 0 Å². The number of ether oxygens (including phenoxy) is 1. The van der Waals surface area contributed by atoms with E-state index in [0.717, 1.165) is 31.3 Å². The van der Waals surface area contributed by atoms with Crippen molar-refractivity contribution in [3.63, 3.8) is 0 Å². The highest BCUT2D eigenvalue weighted by molar-refractivity contribution is 5.07. The summed E-state index contributed by atoms with van der Waals surface area (Å²) in [4.78, 5) is 2.69. The van der Waals surface area contributed by atoms with E-state index in [4.69, 9.17) is 10.5 Å². The van der Waals surface area contributed by atoms with Crippen molar-refractivity contribution in [2.75, 3.05) is 20.2 Å². The Balaban J connectivity index is 2.04. The van der Waals surface area contributed by atoms with Crippen molar-refractivity contribution in [1.82, 2.24) is 4.90 Å². The predicted molar refractivity (Wildman–Crippen MR) is 66.4 cm³/mol. The van der Waals surface area contributed by atoms with E-state index in [1.807, 2.05) is 7.11 Å². The molecular weight excluding hydrogens is 200 g/mol. The molecule has 1 aliphatic carbocycles. The number of rotatable bonds is 4.